The summed E-state index contributed by atoms with van der Waals surface area (Å²) in [5.41, 5.74) is 0.271. The molecule has 13 heavy (non-hydrogen) atoms. The molecule has 0 saturated heterocycles. The molecule has 0 spiro atoms. The van der Waals surface area contributed by atoms with Gasteiger partial charge in [0.25, 0.3) is 0 Å². The summed E-state index contributed by atoms with van der Waals surface area (Å²) in [5, 5.41) is 0. The molecule has 3 heteroatoms. The molecule has 0 atom stereocenters. The van der Waals surface area contributed by atoms with E-state index in [2.05, 4.69) is 6.07 Å². The van der Waals surface area contributed by atoms with E-state index in [-0.39, 0.29) is 24.4 Å². The third-order valence-corrected chi connectivity index (χ3v) is 1.45. The minimum absolute atomic E-state index is 0. The molecule has 0 aliphatic carbocycles. The zero-order valence-electron chi connectivity index (χ0n) is 7.77. The van der Waals surface area contributed by atoms with Crippen LogP contribution in [0.25, 0.3) is 6.08 Å². The Labute approximate surface area is 88.8 Å². The van der Waals surface area contributed by atoms with Gasteiger partial charge in [0, 0.05) is 5.82 Å². The van der Waals surface area contributed by atoms with Gasteiger partial charge >= 0.3 is 18.9 Å². The number of benzene rings is 1. The molecular formula is C10H9F2Li. The van der Waals surface area contributed by atoms with Crippen molar-refractivity contribution in [3.8, 4) is 0 Å². The van der Waals surface area contributed by atoms with Gasteiger partial charge in [-0.15, -0.1) is 6.07 Å². The smallest absolute Gasteiger partial charge is 0.281 e. The van der Waals surface area contributed by atoms with Gasteiger partial charge in [0.05, 0.1) is 5.82 Å². The average Bonchev–Trinajstić information content (AvgIpc) is 2.08. The van der Waals surface area contributed by atoms with Gasteiger partial charge in [-0.25, -0.2) is 4.39 Å². The fourth-order valence-corrected chi connectivity index (χ4v) is 0.841. The summed E-state index contributed by atoms with van der Waals surface area (Å²) in [5.74, 6) is -1.75. The van der Waals surface area contributed by atoms with Crippen molar-refractivity contribution >= 4 is 6.08 Å². The van der Waals surface area contributed by atoms with Gasteiger partial charge < -0.3 is 0 Å². The van der Waals surface area contributed by atoms with E-state index in [0.717, 1.165) is 6.42 Å². The molecule has 0 fully saturated rings. The maximum atomic E-state index is 12.9. The van der Waals surface area contributed by atoms with Crippen molar-refractivity contribution in [2.24, 2.45) is 0 Å². The van der Waals surface area contributed by atoms with Gasteiger partial charge in [0.1, 0.15) is 0 Å². The number of allylic oxidation sites excluding steroid dienone is 1. The molecule has 64 valence electrons. The number of halogens is 2. The van der Waals surface area contributed by atoms with E-state index in [4.69, 9.17) is 0 Å². The van der Waals surface area contributed by atoms with Gasteiger partial charge in [-0.1, -0.05) is 24.6 Å². The van der Waals surface area contributed by atoms with Crippen molar-refractivity contribution in [1.29, 1.82) is 0 Å². The molecule has 0 aromatic heterocycles. The summed E-state index contributed by atoms with van der Waals surface area (Å²) in [6.07, 6.45) is 4.14. The summed E-state index contributed by atoms with van der Waals surface area (Å²) in [6.45, 7) is 1.93. The number of rotatable bonds is 2. The predicted molar refractivity (Wildman–Crippen MR) is 44.5 cm³/mol. The minimum atomic E-state index is -0.923. The van der Waals surface area contributed by atoms with E-state index in [1.807, 2.05) is 6.92 Å². The fourth-order valence-electron chi connectivity index (χ4n) is 0.841. The number of hydrogen-bond acceptors (Lipinski definition) is 0. The average molecular weight is 174 g/mol. The third kappa shape index (κ3) is 3.34. The van der Waals surface area contributed by atoms with Crippen molar-refractivity contribution < 1.29 is 27.6 Å². The molecule has 1 rings (SSSR count). The first kappa shape index (κ1) is 12.4. The van der Waals surface area contributed by atoms with Crippen molar-refractivity contribution in [1.82, 2.24) is 0 Å². The van der Waals surface area contributed by atoms with E-state index in [1.54, 1.807) is 12.2 Å². The van der Waals surface area contributed by atoms with Crippen LogP contribution in [0.1, 0.15) is 18.9 Å². The fraction of sp³-hybridized carbons (Fsp3) is 0.200. The van der Waals surface area contributed by atoms with Gasteiger partial charge in [0.2, 0.25) is 0 Å². The Bertz CT molecular complexity index is 295. The maximum Gasteiger partial charge on any atom is 1.00 e. The Morgan fingerprint density at radius 2 is 2.15 bits per heavy atom. The molecule has 0 N–H and O–H groups in total. The van der Waals surface area contributed by atoms with Crippen LogP contribution in [-0.4, -0.2) is 0 Å². The molecule has 0 amide bonds. The summed E-state index contributed by atoms with van der Waals surface area (Å²) >= 11 is 0. The van der Waals surface area contributed by atoms with Crippen LogP contribution in [0, 0.1) is 17.7 Å². The van der Waals surface area contributed by atoms with Crippen LogP contribution in [0.4, 0.5) is 8.78 Å². The molecule has 1 aromatic rings. The van der Waals surface area contributed by atoms with Crippen molar-refractivity contribution in [2.45, 2.75) is 13.3 Å². The quantitative estimate of drug-likeness (QED) is 0.443. The Morgan fingerprint density at radius 3 is 2.77 bits per heavy atom. The van der Waals surface area contributed by atoms with Crippen LogP contribution in [-0.2, 0) is 0 Å². The molecule has 0 saturated carbocycles. The van der Waals surface area contributed by atoms with Gasteiger partial charge in [-0.2, -0.15) is 12.1 Å². The zero-order valence-corrected chi connectivity index (χ0v) is 7.77. The third-order valence-electron chi connectivity index (χ3n) is 1.45. The SMILES string of the molecule is CCC=Cc1cc[c-]c(F)c1F.[Li+]. The van der Waals surface area contributed by atoms with Gasteiger partial charge in [-0.3, -0.25) is 4.39 Å². The standard InChI is InChI=1S/C10H9F2.Li/c1-2-3-5-8-6-4-7-9(11)10(8)12;/h3-6H,2H2,1H3;/q-1;+1. The van der Waals surface area contributed by atoms with Crippen LogP contribution in [0.2, 0.25) is 0 Å². The molecule has 0 nitrogen and oxygen atoms in total. The van der Waals surface area contributed by atoms with E-state index in [0.29, 0.717) is 0 Å². The molecular weight excluding hydrogens is 165 g/mol. The van der Waals surface area contributed by atoms with E-state index in [1.165, 1.54) is 12.1 Å². The van der Waals surface area contributed by atoms with Crippen molar-refractivity contribution in [3.05, 3.63) is 41.5 Å². The molecule has 1 aromatic carbocycles. The monoisotopic (exact) mass is 174 g/mol. The Hall–Kier alpha value is -0.583. The summed E-state index contributed by atoms with van der Waals surface area (Å²) in [7, 11) is 0. The molecule has 0 unspecified atom stereocenters. The zero-order chi connectivity index (χ0) is 8.97. The molecule has 0 heterocycles. The maximum absolute atomic E-state index is 12.9. The van der Waals surface area contributed by atoms with Gasteiger partial charge in [-0.05, 0) is 6.42 Å². The second kappa shape index (κ2) is 5.96. The number of hydrogen-bond donors (Lipinski definition) is 0. The van der Waals surface area contributed by atoms with E-state index in [9.17, 15) is 8.78 Å². The first-order valence-corrected chi connectivity index (χ1v) is 3.78. The molecule has 0 radical (unpaired) electrons. The Kier molecular flexibility index (Phi) is 5.69. The van der Waals surface area contributed by atoms with Crippen LogP contribution >= 0.6 is 0 Å². The Balaban J connectivity index is 0.00000144. The first-order valence-electron chi connectivity index (χ1n) is 3.78. The van der Waals surface area contributed by atoms with Gasteiger partial charge in [0.15, 0.2) is 0 Å². The largest absolute Gasteiger partial charge is 1.00 e. The van der Waals surface area contributed by atoms with E-state index >= 15 is 0 Å². The topological polar surface area (TPSA) is 0 Å². The summed E-state index contributed by atoms with van der Waals surface area (Å²) in [6, 6.07) is 5.00. The Morgan fingerprint density at radius 1 is 1.46 bits per heavy atom. The van der Waals surface area contributed by atoms with E-state index < -0.39 is 11.6 Å². The molecule has 0 bridgehead atoms. The van der Waals surface area contributed by atoms with Crippen molar-refractivity contribution in [2.75, 3.05) is 0 Å². The molecule has 0 aliphatic heterocycles. The van der Waals surface area contributed by atoms with Crippen LogP contribution in [0.3, 0.4) is 0 Å². The summed E-state index contributed by atoms with van der Waals surface area (Å²) < 4.78 is 25.4. The second-order valence-corrected chi connectivity index (χ2v) is 2.37. The van der Waals surface area contributed by atoms with Crippen LogP contribution in [0.15, 0.2) is 18.2 Å². The van der Waals surface area contributed by atoms with Crippen LogP contribution < -0.4 is 18.9 Å². The predicted octanol–water partition coefficient (Wildman–Crippen LogP) is 0.192. The first-order chi connectivity index (χ1) is 5.75. The minimum Gasteiger partial charge on any atom is -0.281 e. The van der Waals surface area contributed by atoms with Crippen LogP contribution in [0.5, 0.6) is 0 Å². The molecule has 0 aliphatic rings. The summed E-state index contributed by atoms with van der Waals surface area (Å²) in [4.78, 5) is 0. The normalized spacial score (nSPS) is 10.1. The van der Waals surface area contributed by atoms with Crippen molar-refractivity contribution in [3.63, 3.8) is 0 Å². The second-order valence-electron chi connectivity index (χ2n) is 2.37.